The average Bonchev–Trinajstić information content (AvgIpc) is 2.10. The van der Waals surface area contributed by atoms with Crippen molar-refractivity contribution in [1.29, 1.82) is 0 Å². The van der Waals surface area contributed by atoms with Crippen LogP contribution in [0.1, 0.15) is 60.8 Å². The molecule has 6 atom stereocenters. The molecule has 0 aliphatic heterocycles. The predicted molar refractivity (Wildman–Crippen MR) is 83.9 cm³/mol. The van der Waals surface area contributed by atoms with Crippen LogP contribution in [0.15, 0.2) is 0 Å². The van der Waals surface area contributed by atoms with E-state index < -0.39 is 0 Å². The van der Waals surface area contributed by atoms with Gasteiger partial charge in [-0.25, -0.2) is 0 Å². The standard InChI is InChI=1S/3C5H12O2.Ru/c3*1-4(6)3-5(2)7;/h3*4-7H,3H2,1-2H3;. The molecule has 0 spiro atoms. The van der Waals surface area contributed by atoms with Crippen molar-refractivity contribution in [3.63, 3.8) is 0 Å². The first-order chi connectivity index (χ1) is 9.38. The SMILES string of the molecule is CC(O)CC(C)O.CC(O)CC(C)O.CC(O)CC(C)O.[Ru]. The van der Waals surface area contributed by atoms with E-state index in [1.165, 1.54) is 0 Å². The second-order valence-electron chi connectivity index (χ2n) is 5.80. The maximum absolute atomic E-state index is 8.56. The monoisotopic (exact) mass is 414 g/mol. The molecule has 0 rings (SSSR count). The molecule has 0 bridgehead atoms. The molecule has 0 aromatic heterocycles. The number of hydrogen-bond acceptors (Lipinski definition) is 6. The van der Waals surface area contributed by atoms with E-state index >= 15 is 0 Å². The largest absolute Gasteiger partial charge is 0.393 e. The Morgan fingerprint density at radius 2 is 0.500 bits per heavy atom. The third kappa shape index (κ3) is 49.9. The smallest absolute Gasteiger partial charge is 0.0536 e. The van der Waals surface area contributed by atoms with Crippen LogP contribution in [0.5, 0.6) is 0 Å². The quantitative estimate of drug-likeness (QED) is 0.351. The van der Waals surface area contributed by atoms with Crippen molar-refractivity contribution in [2.24, 2.45) is 0 Å². The van der Waals surface area contributed by atoms with E-state index in [-0.39, 0.29) is 56.1 Å². The molecule has 6 unspecified atom stereocenters. The van der Waals surface area contributed by atoms with Crippen LogP contribution in [0.2, 0.25) is 0 Å². The molecule has 0 aliphatic carbocycles. The van der Waals surface area contributed by atoms with Crippen LogP contribution >= 0.6 is 0 Å². The Bertz CT molecular complexity index is 145. The zero-order chi connectivity index (χ0) is 17.6. The molecule has 7 heteroatoms. The molecule has 0 fully saturated rings. The summed E-state index contributed by atoms with van der Waals surface area (Å²) in [6, 6.07) is 0. The van der Waals surface area contributed by atoms with Crippen molar-refractivity contribution in [3.8, 4) is 0 Å². The first-order valence-electron chi connectivity index (χ1n) is 7.46. The number of rotatable bonds is 6. The Morgan fingerprint density at radius 1 is 0.409 bits per heavy atom. The van der Waals surface area contributed by atoms with E-state index in [2.05, 4.69) is 0 Å². The van der Waals surface area contributed by atoms with E-state index in [9.17, 15) is 0 Å². The Morgan fingerprint density at radius 3 is 0.500 bits per heavy atom. The molecular formula is C15H36O6Ru. The molecule has 0 amide bonds. The molecule has 6 N–H and O–H groups in total. The summed E-state index contributed by atoms with van der Waals surface area (Å²) in [5.74, 6) is 0. The van der Waals surface area contributed by atoms with Crippen LogP contribution in [0.3, 0.4) is 0 Å². The van der Waals surface area contributed by atoms with Gasteiger partial charge in [0.25, 0.3) is 0 Å². The van der Waals surface area contributed by atoms with Gasteiger partial charge in [-0.2, -0.15) is 0 Å². The molecule has 140 valence electrons. The summed E-state index contributed by atoms with van der Waals surface area (Å²) < 4.78 is 0. The Balaban J connectivity index is -0.000000108. The van der Waals surface area contributed by atoms with Gasteiger partial charge in [0, 0.05) is 19.5 Å². The van der Waals surface area contributed by atoms with Gasteiger partial charge < -0.3 is 30.6 Å². The first-order valence-corrected chi connectivity index (χ1v) is 7.46. The van der Waals surface area contributed by atoms with Gasteiger partial charge in [-0.15, -0.1) is 0 Å². The molecule has 6 nitrogen and oxygen atoms in total. The van der Waals surface area contributed by atoms with E-state index in [0.717, 1.165) is 0 Å². The minimum atomic E-state index is -0.375. The van der Waals surface area contributed by atoms with Crippen molar-refractivity contribution in [1.82, 2.24) is 0 Å². The third-order valence-electron chi connectivity index (χ3n) is 2.05. The molecule has 0 aromatic carbocycles. The molecule has 22 heavy (non-hydrogen) atoms. The molecule has 0 aromatic rings. The Kier molecular flexibility index (Phi) is 26.7. The van der Waals surface area contributed by atoms with Gasteiger partial charge in [0.15, 0.2) is 0 Å². The molecule has 0 aliphatic rings. The maximum atomic E-state index is 8.56. The summed E-state index contributed by atoms with van der Waals surface area (Å²) in [6.45, 7) is 9.96. The third-order valence-corrected chi connectivity index (χ3v) is 2.05. The minimum absolute atomic E-state index is 0. The molecule has 0 heterocycles. The van der Waals surface area contributed by atoms with E-state index in [1.807, 2.05) is 0 Å². The number of aliphatic hydroxyl groups is 6. The molecule has 0 saturated carbocycles. The van der Waals surface area contributed by atoms with E-state index in [1.54, 1.807) is 41.5 Å². The van der Waals surface area contributed by atoms with Crippen molar-refractivity contribution < 1.29 is 50.1 Å². The average molecular weight is 414 g/mol. The molecule has 0 radical (unpaired) electrons. The van der Waals surface area contributed by atoms with Gasteiger partial charge >= 0.3 is 0 Å². The first kappa shape index (κ1) is 30.3. The second-order valence-corrected chi connectivity index (χ2v) is 5.80. The summed E-state index contributed by atoms with van der Waals surface area (Å²) in [6.07, 6.45) is -0.833. The minimum Gasteiger partial charge on any atom is -0.393 e. The fraction of sp³-hybridized carbons (Fsp3) is 1.00. The van der Waals surface area contributed by atoms with Gasteiger partial charge in [-0.05, 0) is 60.8 Å². The van der Waals surface area contributed by atoms with Gasteiger partial charge in [-0.1, -0.05) is 0 Å². The molecule has 0 saturated heterocycles. The van der Waals surface area contributed by atoms with Gasteiger partial charge in [-0.3, -0.25) is 0 Å². The normalized spacial score (nSPS) is 18.0. The van der Waals surface area contributed by atoms with Crippen LogP contribution in [0.25, 0.3) is 0 Å². The number of aliphatic hydroxyl groups excluding tert-OH is 6. The number of hydrogen-bond donors (Lipinski definition) is 6. The summed E-state index contributed by atoms with van der Waals surface area (Å²) in [7, 11) is 0. The summed E-state index contributed by atoms with van der Waals surface area (Å²) >= 11 is 0. The fourth-order valence-corrected chi connectivity index (χ4v) is 1.48. The van der Waals surface area contributed by atoms with Crippen molar-refractivity contribution in [3.05, 3.63) is 0 Å². The van der Waals surface area contributed by atoms with E-state index in [4.69, 9.17) is 30.6 Å². The molecular weight excluding hydrogens is 377 g/mol. The predicted octanol–water partition coefficient (Wildman–Crippen LogP) is 0.412. The Labute approximate surface area is 148 Å². The van der Waals surface area contributed by atoms with Gasteiger partial charge in [0.1, 0.15) is 0 Å². The van der Waals surface area contributed by atoms with Crippen LogP contribution in [0, 0.1) is 0 Å². The summed E-state index contributed by atoms with van der Waals surface area (Å²) in [5, 5.41) is 51.4. The zero-order valence-electron chi connectivity index (χ0n) is 14.6. The van der Waals surface area contributed by atoms with Gasteiger partial charge in [0.05, 0.1) is 36.6 Å². The summed E-state index contributed by atoms with van der Waals surface area (Å²) in [5.41, 5.74) is 0. The maximum Gasteiger partial charge on any atom is 0.0536 e. The fourth-order valence-electron chi connectivity index (χ4n) is 1.48. The van der Waals surface area contributed by atoms with Gasteiger partial charge in [0.2, 0.25) is 0 Å². The van der Waals surface area contributed by atoms with Crippen molar-refractivity contribution in [2.75, 3.05) is 0 Å². The topological polar surface area (TPSA) is 121 Å². The van der Waals surface area contributed by atoms with Crippen LogP contribution in [0.4, 0.5) is 0 Å². The zero-order valence-corrected chi connectivity index (χ0v) is 16.4. The van der Waals surface area contributed by atoms with Crippen LogP contribution < -0.4 is 0 Å². The second kappa shape index (κ2) is 19.4. The van der Waals surface area contributed by atoms with Crippen LogP contribution in [-0.4, -0.2) is 67.3 Å². The van der Waals surface area contributed by atoms with Crippen molar-refractivity contribution in [2.45, 2.75) is 97.4 Å². The summed E-state index contributed by atoms with van der Waals surface area (Å²) in [4.78, 5) is 0. The Hall–Kier alpha value is 0.383. The van der Waals surface area contributed by atoms with Crippen LogP contribution in [-0.2, 0) is 19.5 Å². The van der Waals surface area contributed by atoms with E-state index in [0.29, 0.717) is 19.3 Å². The van der Waals surface area contributed by atoms with Crippen molar-refractivity contribution >= 4 is 0 Å².